The molecule has 0 aliphatic carbocycles. The maximum absolute atomic E-state index is 12.5. The molecule has 1 aromatic rings. The fraction of sp³-hybridized carbons (Fsp3) is 0.500. The van der Waals surface area contributed by atoms with E-state index >= 15 is 0 Å². The van der Waals surface area contributed by atoms with E-state index in [2.05, 4.69) is 4.72 Å². The summed E-state index contributed by atoms with van der Waals surface area (Å²) < 4.78 is 32.3. The Morgan fingerprint density at radius 1 is 1.28 bits per heavy atom. The summed E-state index contributed by atoms with van der Waals surface area (Å²) in [5.74, 6) is -1.46. The number of carboxylic acid groups (broad SMARTS) is 1. The van der Waals surface area contributed by atoms with E-state index in [0.29, 0.717) is 0 Å². The van der Waals surface area contributed by atoms with Gasteiger partial charge in [0.05, 0.1) is 17.6 Å². The number of aliphatic carboxylic acids is 1. The second-order valence-corrected chi connectivity index (χ2v) is 7.92. The van der Waals surface area contributed by atoms with Crippen molar-refractivity contribution in [3.63, 3.8) is 0 Å². The maximum Gasteiger partial charge on any atom is 0.321 e. The highest BCUT2D eigenvalue weighted by Crippen LogP contribution is 2.24. The van der Waals surface area contributed by atoms with Gasteiger partial charge in [-0.3, -0.25) is 9.59 Å². The Kier molecular flexibility index (Phi) is 6.95. The molecular formula is C16H24N2O6S. The predicted octanol–water partition coefficient (Wildman–Crippen LogP) is 1.17. The average molecular weight is 372 g/mol. The van der Waals surface area contributed by atoms with Crippen molar-refractivity contribution in [1.29, 1.82) is 0 Å². The Bertz CT molecular complexity index is 743. The minimum atomic E-state index is -4.11. The SMILES string of the molecule is COc1ccc(S(=O)(=O)NC(CC(C)C)C(=O)O)cc1C(=O)N(C)C. The zero-order valence-corrected chi connectivity index (χ0v) is 15.8. The van der Waals surface area contributed by atoms with Gasteiger partial charge in [-0.05, 0) is 30.5 Å². The van der Waals surface area contributed by atoms with Crippen molar-refractivity contribution in [3.8, 4) is 5.75 Å². The summed E-state index contributed by atoms with van der Waals surface area (Å²) >= 11 is 0. The van der Waals surface area contributed by atoms with Gasteiger partial charge in [-0.15, -0.1) is 0 Å². The number of hydrogen-bond acceptors (Lipinski definition) is 5. The Morgan fingerprint density at radius 2 is 1.88 bits per heavy atom. The van der Waals surface area contributed by atoms with Gasteiger partial charge in [0, 0.05) is 14.1 Å². The molecule has 0 aliphatic rings. The minimum Gasteiger partial charge on any atom is -0.496 e. The Hall–Kier alpha value is -2.13. The molecule has 0 fully saturated rings. The van der Waals surface area contributed by atoms with Crippen LogP contribution in [0.1, 0.15) is 30.6 Å². The highest BCUT2D eigenvalue weighted by atomic mass is 32.2. The number of carbonyl (C=O) groups is 2. The number of nitrogens with one attached hydrogen (secondary N) is 1. The molecule has 25 heavy (non-hydrogen) atoms. The largest absolute Gasteiger partial charge is 0.496 e. The van der Waals surface area contributed by atoms with Crippen LogP contribution in [0.2, 0.25) is 0 Å². The molecule has 1 rings (SSSR count). The molecule has 1 atom stereocenters. The monoisotopic (exact) mass is 372 g/mol. The number of carbonyl (C=O) groups excluding carboxylic acids is 1. The van der Waals surface area contributed by atoms with E-state index in [9.17, 15) is 23.1 Å². The third kappa shape index (κ3) is 5.43. The van der Waals surface area contributed by atoms with Gasteiger partial charge >= 0.3 is 5.97 Å². The van der Waals surface area contributed by atoms with Gasteiger partial charge < -0.3 is 14.7 Å². The summed E-state index contributed by atoms with van der Waals surface area (Å²) in [5.41, 5.74) is 0.0751. The van der Waals surface area contributed by atoms with Crippen LogP contribution in [-0.4, -0.2) is 57.5 Å². The van der Waals surface area contributed by atoms with Crippen molar-refractivity contribution in [2.45, 2.75) is 31.2 Å². The minimum absolute atomic E-state index is 0.00875. The summed E-state index contributed by atoms with van der Waals surface area (Å²) in [6.45, 7) is 3.59. The van der Waals surface area contributed by atoms with Gasteiger partial charge in [-0.25, -0.2) is 8.42 Å². The zero-order chi connectivity index (χ0) is 19.4. The number of amides is 1. The number of ether oxygens (including phenoxy) is 1. The highest BCUT2D eigenvalue weighted by molar-refractivity contribution is 7.89. The topological polar surface area (TPSA) is 113 Å². The average Bonchev–Trinajstić information content (AvgIpc) is 2.51. The molecule has 140 valence electrons. The zero-order valence-electron chi connectivity index (χ0n) is 14.9. The van der Waals surface area contributed by atoms with Gasteiger partial charge in [-0.2, -0.15) is 4.72 Å². The first-order valence-electron chi connectivity index (χ1n) is 7.64. The predicted molar refractivity (Wildman–Crippen MR) is 92.2 cm³/mol. The number of benzene rings is 1. The van der Waals surface area contributed by atoms with Crippen molar-refractivity contribution in [2.24, 2.45) is 5.92 Å². The van der Waals surface area contributed by atoms with Crippen LogP contribution in [0, 0.1) is 5.92 Å². The Morgan fingerprint density at radius 3 is 2.32 bits per heavy atom. The number of sulfonamides is 1. The molecule has 0 saturated carbocycles. The van der Waals surface area contributed by atoms with E-state index in [1.165, 1.54) is 44.3 Å². The van der Waals surface area contributed by atoms with E-state index in [1.807, 2.05) is 0 Å². The fourth-order valence-corrected chi connectivity index (χ4v) is 3.42. The summed E-state index contributed by atoms with van der Waals surface area (Å²) in [7, 11) is 0.322. The van der Waals surface area contributed by atoms with Gasteiger partial charge in [0.15, 0.2) is 0 Å². The number of hydrogen-bond donors (Lipinski definition) is 2. The summed E-state index contributed by atoms with van der Waals surface area (Å²) in [4.78, 5) is 24.6. The van der Waals surface area contributed by atoms with Gasteiger partial charge in [0.2, 0.25) is 10.0 Å². The molecular weight excluding hydrogens is 348 g/mol. The van der Waals surface area contributed by atoms with E-state index in [1.54, 1.807) is 13.8 Å². The lowest BCUT2D eigenvalue weighted by molar-refractivity contribution is -0.139. The van der Waals surface area contributed by atoms with Crippen LogP contribution in [0.15, 0.2) is 23.1 Å². The van der Waals surface area contributed by atoms with Crippen LogP contribution in [0.25, 0.3) is 0 Å². The van der Waals surface area contributed by atoms with Gasteiger partial charge in [0.1, 0.15) is 11.8 Å². The third-order valence-corrected chi connectivity index (χ3v) is 4.89. The summed E-state index contributed by atoms with van der Waals surface area (Å²) in [6.07, 6.45) is 0.147. The molecule has 0 radical (unpaired) electrons. The first kappa shape index (κ1) is 20.9. The van der Waals surface area contributed by atoms with Crippen molar-refractivity contribution < 1.29 is 27.9 Å². The summed E-state index contributed by atoms with van der Waals surface area (Å²) in [5, 5.41) is 9.22. The van der Waals surface area contributed by atoms with Crippen LogP contribution >= 0.6 is 0 Å². The Labute approximate surface area is 147 Å². The normalized spacial score (nSPS) is 12.7. The van der Waals surface area contributed by atoms with Crippen LogP contribution in [0.3, 0.4) is 0 Å². The molecule has 0 aliphatic heterocycles. The quantitative estimate of drug-likeness (QED) is 0.708. The number of methoxy groups -OCH3 is 1. The number of carboxylic acids is 1. The van der Waals surface area contributed by atoms with E-state index < -0.39 is 27.9 Å². The van der Waals surface area contributed by atoms with Gasteiger partial charge in [-0.1, -0.05) is 13.8 Å². The third-order valence-electron chi connectivity index (χ3n) is 3.42. The molecule has 2 N–H and O–H groups in total. The molecule has 9 heteroatoms. The Balaban J connectivity index is 3.27. The van der Waals surface area contributed by atoms with Crippen LogP contribution in [0.5, 0.6) is 5.75 Å². The molecule has 1 unspecified atom stereocenters. The van der Waals surface area contributed by atoms with Gasteiger partial charge in [0.25, 0.3) is 5.91 Å². The summed E-state index contributed by atoms with van der Waals surface area (Å²) in [6, 6.07) is 2.56. The lowest BCUT2D eigenvalue weighted by Crippen LogP contribution is -2.41. The van der Waals surface area contributed by atoms with Crippen molar-refractivity contribution in [3.05, 3.63) is 23.8 Å². The van der Waals surface area contributed by atoms with E-state index in [-0.39, 0.29) is 28.5 Å². The molecule has 0 saturated heterocycles. The van der Waals surface area contributed by atoms with Crippen molar-refractivity contribution in [2.75, 3.05) is 21.2 Å². The first-order valence-corrected chi connectivity index (χ1v) is 9.12. The smallest absolute Gasteiger partial charge is 0.321 e. The van der Waals surface area contributed by atoms with Crippen LogP contribution < -0.4 is 9.46 Å². The fourth-order valence-electron chi connectivity index (χ4n) is 2.19. The number of nitrogens with zero attached hydrogens (tertiary/aromatic N) is 1. The van der Waals surface area contributed by atoms with Crippen molar-refractivity contribution in [1.82, 2.24) is 9.62 Å². The van der Waals surface area contributed by atoms with E-state index in [4.69, 9.17) is 4.74 Å². The number of rotatable bonds is 8. The van der Waals surface area contributed by atoms with Crippen LogP contribution in [0.4, 0.5) is 0 Å². The van der Waals surface area contributed by atoms with Crippen molar-refractivity contribution >= 4 is 21.9 Å². The highest BCUT2D eigenvalue weighted by Gasteiger charge is 2.27. The second-order valence-electron chi connectivity index (χ2n) is 6.20. The molecule has 0 aromatic heterocycles. The molecule has 0 bridgehead atoms. The molecule has 0 spiro atoms. The van der Waals surface area contributed by atoms with E-state index in [0.717, 1.165) is 0 Å². The lowest BCUT2D eigenvalue weighted by Gasteiger charge is -2.18. The molecule has 1 amide bonds. The molecule has 8 nitrogen and oxygen atoms in total. The first-order chi connectivity index (χ1) is 11.5. The molecule has 0 heterocycles. The lowest BCUT2D eigenvalue weighted by atomic mass is 10.1. The van der Waals surface area contributed by atoms with Crippen LogP contribution in [-0.2, 0) is 14.8 Å². The molecule has 1 aromatic carbocycles. The standard InChI is InChI=1S/C16H24N2O6S/c1-10(2)8-13(16(20)21)17-25(22,23)11-6-7-14(24-5)12(9-11)15(19)18(3)4/h6-7,9-10,13,17H,8H2,1-5H3,(H,20,21). The maximum atomic E-state index is 12.5. The second kappa shape index (κ2) is 8.30.